The van der Waals surface area contributed by atoms with Crippen LogP contribution in [0.5, 0.6) is 5.88 Å². The maximum atomic E-state index is 14.1. The summed E-state index contributed by atoms with van der Waals surface area (Å²) in [6.07, 6.45) is -18.1. The van der Waals surface area contributed by atoms with E-state index in [0.717, 1.165) is 22.8 Å². The third-order valence-corrected chi connectivity index (χ3v) is 9.45. The summed E-state index contributed by atoms with van der Waals surface area (Å²) >= 11 is 0. The van der Waals surface area contributed by atoms with E-state index < -0.39 is 103 Å². The average Bonchev–Trinajstić information content (AvgIpc) is 3.67. The van der Waals surface area contributed by atoms with E-state index >= 15 is 0 Å². The molecule has 2 aromatic heterocycles. The summed E-state index contributed by atoms with van der Waals surface area (Å²) in [4.78, 5) is 34.3. The standard InChI is InChI=1S/C32H33F11N6O3/c1-49-24-22(13-19(26(48-24)52-15-23(33)34)25(50)45-18-7-5-17(6-8-18)30(35,36)37)47-28(49)46-21-12-16(4-9-20(21)31(38,39)40)14-44-27(51)29(32(41,42)43)10-2-3-11-29/h4,9,12-13,17-18,23H,2-3,5-8,10-11,14-15H2,1H3,(H,44,51)(H,45,50)(H,46,47). The van der Waals surface area contributed by atoms with Crippen LogP contribution >= 0.6 is 0 Å². The zero-order valence-electron chi connectivity index (χ0n) is 27.3. The number of aryl methyl sites for hydroxylation is 1. The molecule has 2 heterocycles. The fraction of sp³-hybridized carbons (Fsp3) is 0.562. The predicted octanol–water partition coefficient (Wildman–Crippen LogP) is 7.96. The van der Waals surface area contributed by atoms with Crippen molar-refractivity contribution in [1.82, 2.24) is 25.2 Å². The number of amides is 2. The lowest BCUT2D eigenvalue weighted by atomic mass is 9.84. The first-order valence-electron chi connectivity index (χ1n) is 16.2. The number of hydrogen-bond acceptors (Lipinski definition) is 6. The molecule has 2 aliphatic rings. The SMILES string of the molecule is Cn1c(Nc2cc(CNC(=O)C3(C(F)(F)F)CCCC3)ccc2C(F)(F)F)nc2cc(C(=O)NC3CCC(C(F)(F)F)CC3)c(OCC(F)F)nc21. The van der Waals surface area contributed by atoms with Gasteiger partial charge in [-0.05, 0) is 62.3 Å². The topological polar surface area (TPSA) is 110 Å². The van der Waals surface area contributed by atoms with E-state index in [-0.39, 0.29) is 61.2 Å². The lowest BCUT2D eigenvalue weighted by Gasteiger charge is -2.30. The number of alkyl halides is 11. The van der Waals surface area contributed by atoms with E-state index in [0.29, 0.717) is 6.07 Å². The van der Waals surface area contributed by atoms with Crippen molar-refractivity contribution >= 4 is 34.6 Å². The highest BCUT2D eigenvalue weighted by atomic mass is 19.4. The second kappa shape index (κ2) is 14.6. The van der Waals surface area contributed by atoms with Crippen LogP contribution in [0.15, 0.2) is 24.3 Å². The van der Waals surface area contributed by atoms with Crippen LogP contribution in [0.2, 0.25) is 0 Å². The molecule has 0 saturated heterocycles. The number of carbonyl (C=O) groups is 2. The molecule has 3 aromatic rings. The van der Waals surface area contributed by atoms with Crippen LogP contribution in [0, 0.1) is 11.3 Å². The molecule has 9 nitrogen and oxygen atoms in total. The molecule has 0 aliphatic heterocycles. The lowest BCUT2D eigenvalue weighted by molar-refractivity contribution is -0.220. The maximum Gasteiger partial charge on any atom is 0.418 e. The number of nitrogens with zero attached hydrogens (tertiary/aromatic N) is 3. The Morgan fingerprint density at radius 2 is 1.62 bits per heavy atom. The molecule has 20 heteroatoms. The predicted molar refractivity (Wildman–Crippen MR) is 163 cm³/mol. The molecule has 0 spiro atoms. The molecule has 5 rings (SSSR count). The number of pyridine rings is 1. The summed E-state index contributed by atoms with van der Waals surface area (Å²) in [6, 6.07) is 3.03. The van der Waals surface area contributed by atoms with E-state index in [9.17, 15) is 57.9 Å². The van der Waals surface area contributed by atoms with Crippen molar-refractivity contribution in [2.45, 2.75) is 88.9 Å². The molecular formula is C32H33F11N6O3. The third-order valence-electron chi connectivity index (χ3n) is 9.45. The highest BCUT2D eigenvalue weighted by molar-refractivity contribution is 5.99. The third kappa shape index (κ3) is 8.29. The van der Waals surface area contributed by atoms with E-state index in [4.69, 9.17) is 4.74 Å². The number of carbonyl (C=O) groups excluding carboxylic acids is 2. The summed E-state index contributed by atoms with van der Waals surface area (Å²) in [6.45, 7) is -1.73. The van der Waals surface area contributed by atoms with Crippen molar-refractivity contribution < 1.29 is 62.6 Å². The number of benzene rings is 1. The molecule has 52 heavy (non-hydrogen) atoms. The van der Waals surface area contributed by atoms with Gasteiger partial charge in [-0.1, -0.05) is 18.9 Å². The Labute approximate surface area is 288 Å². The maximum absolute atomic E-state index is 14.1. The van der Waals surface area contributed by atoms with Crippen LogP contribution in [0.25, 0.3) is 11.2 Å². The van der Waals surface area contributed by atoms with Gasteiger partial charge in [0.2, 0.25) is 17.7 Å². The molecule has 0 unspecified atom stereocenters. The smallest absolute Gasteiger partial charge is 0.418 e. The second-order valence-corrected chi connectivity index (χ2v) is 12.9. The number of imidazole rings is 1. The van der Waals surface area contributed by atoms with Gasteiger partial charge in [-0.3, -0.25) is 14.2 Å². The Balaban J connectivity index is 1.41. The number of hydrogen-bond donors (Lipinski definition) is 3. The summed E-state index contributed by atoms with van der Waals surface area (Å²) in [5.74, 6) is -4.60. The first-order valence-corrected chi connectivity index (χ1v) is 16.2. The summed E-state index contributed by atoms with van der Waals surface area (Å²) in [7, 11) is 1.30. The van der Waals surface area contributed by atoms with Gasteiger partial charge in [0.15, 0.2) is 12.3 Å². The van der Waals surface area contributed by atoms with E-state index in [2.05, 4.69) is 25.9 Å². The minimum absolute atomic E-state index is 0.00997. The Hall–Kier alpha value is -4.39. The van der Waals surface area contributed by atoms with Gasteiger partial charge >= 0.3 is 18.5 Å². The van der Waals surface area contributed by atoms with Gasteiger partial charge in [-0.25, -0.2) is 13.8 Å². The molecule has 3 N–H and O–H groups in total. The number of halogens is 11. The zero-order valence-corrected chi connectivity index (χ0v) is 27.3. The zero-order chi connectivity index (χ0) is 38.2. The van der Waals surface area contributed by atoms with Crippen LogP contribution in [-0.4, -0.2) is 57.8 Å². The van der Waals surface area contributed by atoms with E-state index in [1.807, 2.05) is 0 Å². The molecule has 0 bridgehead atoms. The van der Waals surface area contributed by atoms with Crippen LogP contribution in [0.3, 0.4) is 0 Å². The van der Waals surface area contributed by atoms with Crippen molar-refractivity contribution in [3.8, 4) is 5.88 Å². The first-order chi connectivity index (χ1) is 24.2. The van der Waals surface area contributed by atoms with E-state index in [1.165, 1.54) is 7.05 Å². The fourth-order valence-corrected chi connectivity index (χ4v) is 6.59. The first kappa shape index (κ1) is 38.8. The Kier molecular flexibility index (Phi) is 10.9. The molecule has 2 fully saturated rings. The lowest BCUT2D eigenvalue weighted by Crippen LogP contribution is -2.48. The van der Waals surface area contributed by atoms with E-state index in [1.54, 1.807) is 0 Å². The molecule has 2 saturated carbocycles. The number of rotatable bonds is 10. The van der Waals surface area contributed by atoms with Crippen LogP contribution in [0.4, 0.5) is 59.9 Å². The number of anilines is 2. The highest BCUT2D eigenvalue weighted by Gasteiger charge is 2.60. The number of fused-ring (bicyclic) bond motifs is 1. The van der Waals surface area contributed by atoms with Crippen LogP contribution < -0.4 is 20.7 Å². The Morgan fingerprint density at radius 3 is 2.19 bits per heavy atom. The van der Waals surface area contributed by atoms with Crippen molar-refractivity contribution in [2.24, 2.45) is 18.4 Å². The minimum Gasteiger partial charge on any atom is -0.471 e. The summed E-state index contributed by atoms with van der Waals surface area (Å²) in [5.41, 5.74) is -5.02. The second-order valence-electron chi connectivity index (χ2n) is 12.9. The quantitative estimate of drug-likeness (QED) is 0.181. The van der Waals surface area contributed by atoms with Crippen molar-refractivity contribution in [1.29, 1.82) is 0 Å². The van der Waals surface area contributed by atoms with Crippen molar-refractivity contribution in [3.05, 3.63) is 41.0 Å². The van der Waals surface area contributed by atoms with Gasteiger partial charge in [0, 0.05) is 19.6 Å². The van der Waals surface area contributed by atoms with Gasteiger partial charge in [-0.2, -0.15) is 44.5 Å². The van der Waals surface area contributed by atoms with Crippen molar-refractivity contribution in [2.75, 3.05) is 11.9 Å². The number of ether oxygens (including phenoxy) is 1. The molecule has 0 radical (unpaired) electrons. The largest absolute Gasteiger partial charge is 0.471 e. The van der Waals surface area contributed by atoms with Gasteiger partial charge in [0.25, 0.3) is 12.3 Å². The average molecular weight is 759 g/mol. The van der Waals surface area contributed by atoms with Gasteiger partial charge in [-0.15, -0.1) is 0 Å². The van der Waals surface area contributed by atoms with Crippen LogP contribution in [-0.2, 0) is 24.6 Å². The highest BCUT2D eigenvalue weighted by Crippen LogP contribution is 2.50. The van der Waals surface area contributed by atoms with Gasteiger partial charge in [0.1, 0.15) is 16.5 Å². The normalized spacial score (nSPS) is 19.6. The van der Waals surface area contributed by atoms with Crippen LogP contribution in [0.1, 0.15) is 72.9 Å². The summed E-state index contributed by atoms with van der Waals surface area (Å²) < 4.78 is 155. The fourth-order valence-electron chi connectivity index (χ4n) is 6.59. The monoisotopic (exact) mass is 758 g/mol. The molecular weight excluding hydrogens is 725 g/mol. The van der Waals surface area contributed by atoms with Crippen molar-refractivity contribution in [3.63, 3.8) is 0 Å². The molecule has 1 aromatic carbocycles. The van der Waals surface area contributed by atoms with Gasteiger partial charge < -0.3 is 20.7 Å². The number of nitrogens with one attached hydrogen (secondary N) is 3. The molecule has 286 valence electrons. The Morgan fingerprint density at radius 1 is 0.962 bits per heavy atom. The molecule has 0 atom stereocenters. The molecule has 2 amide bonds. The minimum atomic E-state index is -4.93. The summed E-state index contributed by atoms with van der Waals surface area (Å²) in [5, 5.41) is 7.25. The van der Waals surface area contributed by atoms with Gasteiger partial charge in [0.05, 0.1) is 17.2 Å². The number of aromatic nitrogens is 3. The Bertz CT molecular complexity index is 1770. The molecule has 2 aliphatic carbocycles.